The summed E-state index contributed by atoms with van der Waals surface area (Å²) in [5.41, 5.74) is 0. The van der Waals surface area contributed by atoms with E-state index in [4.69, 9.17) is 0 Å². The van der Waals surface area contributed by atoms with E-state index in [0.29, 0.717) is 6.54 Å². The van der Waals surface area contributed by atoms with E-state index >= 15 is 0 Å². The van der Waals surface area contributed by atoms with Gasteiger partial charge < -0.3 is 14.4 Å². The van der Waals surface area contributed by atoms with Crippen LogP contribution in [0.5, 0.6) is 0 Å². The number of piperidine rings is 1. The molecular formula is C17H26N4O2. The fraction of sp³-hybridized carbons (Fsp3) is 0.706. The van der Waals surface area contributed by atoms with Crippen molar-refractivity contribution in [1.29, 1.82) is 0 Å². The van der Waals surface area contributed by atoms with Crippen molar-refractivity contribution in [3.8, 4) is 0 Å². The monoisotopic (exact) mass is 318 g/mol. The maximum absolute atomic E-state index is 12.6. The minimum Gasteiger partial charge on any atom is -0.345 e. The molecule has 6 heteroatoms. The summed E-state index contributed by atoms with van der Waals surface area (Å²) >= 11 is 0. The average molecular weight is 318 g/mol. The molecule has 2 fully saturated rings. The molecule has 1 saturated carbocycles. The summed E-state index contributed by atoms with van der Waals surface area (Å²) in [5, 5.41) is 0. The van der Waals surface area contributed by atoms with Gasteiger partial charge in [0.25, 0.3) is 0 Å². The fourth-order valence-corrected chi connectivity index (χ4v) is 3.30. The van der Waals surface area contributed by atoms with Crippen LogP contribution in [0.15, 0.2) is 18.7 Å². The van der Waals surface area contributed by atoms with E-state index in [2.05, 4.69) is 4.98 Å². The highest BCUT2D eigenvalue weighted by atomic mass is 16.2. The lowest BCUT2D eigenvalue weighted by atomic mass is 9.96. The van der Waals surface area contributed by atoms with Crippen molar-refractivity contribution in [3.63, 3.8) is 0 Å². The van der Waals surface area contributed by atoms with Crippen LogP contribution in [0.25, 0.3) is 0 Å². The Bertz CT molecular complexity index is 539. The normalized spacial score (nSPS) is 21.3. The van der Waals surface area contributed by atoms with E-state index < -0.39 is 0 Å². The lowest BCUT2D eigenvalue weighted by Gasteiger charge is -2.34. The van der Waals surface area contributed by atoms with Gasteiger partial charge in [-0.05, 0) is 32.1 Å². The van der Waals surface area contributed by atoms with E-state index in [1.807, 2.05) is 27.6 Å². The summed E-state index contributed by atoms with van der Waals surface area (Å²) in [6.07, 6.45) is 10.3. The van der Waals surface area contributed by atoms with Crippen LogP contribution >= 0.6 is 0 Å². The summed E-state index contributed by atoms with van der Waals surface area (Å²) in [5.74, 6) is 0.677. The summed E-state index contributed by atoms with van der Waals surface area (Å²) in [4.78, 5) is 32.6. The zero-order valence-corrected chi connectivity index (χ0v) is 13.9. The molecule has 6 nitrogen and oxygen atoms in total. The Morgan fingerprint density at radius 2 is 2.09 bits per heavy atom. The number of amides is 2. The lowest BCUT2D eigenvalue weighted by Crippen LogP contribution is -2.46. The standard InChI is InChI=1S/C17H26N4O2/c1-19(8-3-9-20-11-7-18-13-20)16(22)15-4-2-10-21(12-15)17(23)14-5-6-14/h7,11,13-15H,2-6,8-10,12H2,1H3/t15-/m1/s1. The number of aromatic nitrogens is 2. The van der Waals surface area contributed by atoms with Crippen molar-refractivity contribution < 1.29 is 9.59 Å². The third-order valence-electron chi connectivity index (χ3n) is 4.85. The summed E-state index contributed by atoms with van der Waals surface area (Å²) in [6, 6.07) is 0. The molecule has 1 atom stereocenters. The van der Waals surface area contributed by atoms with E-state index in [9.17, 15) is 9.59 Å². The van der Waals surface area contributed by atoms with E-state index in [0.717, 1.165) is 51.7 Å². The third-order valence-corrected chi connectivity index (χ3v) is 4.85. The molecule has 1 aliphatic heterocycles. The third kappa shape index (κ3) is 4.12. The molecule has 2 amide bonds. The minimum atomic E-state index is -0.0234. The van der Waals surface area contributed by atoms with Gasteiger partial charge in [0.05, 0.1) is 12.2 Å². The number of nitrogens with zero attached hydrogens (tertiary/aromatic N) is 4. The highest BCUT2D eigenvalue weighted by Gasteiger charge is 2.37. The zero-order valence-electron chi connectivity index (χ0n) is 13.9. The first-order valence-corrected chi connectivity index (χ1v) is 8.64. The maximum Gasteiger partial charge on any atom is 0.227 e. The Morgan fingerprint density at radius 1 is 1.26 bits per heavy atom. The van der Waals surface area contributed by atoms with Crippen LogP contribution in [-0.2, 0) is 16.1 Å². The van der Waals surface area contributed by atoms with Gasteiger partial charge in [-0.3, -0.25) is 9.59 Å². The van der Waals surface area contributed by atoms with E-state index in [1.165, 1.54) is 0 Å². The number of carbonyl (C=O) groups is 2. The number of carbonyl (C=O) groups excluding carboxylic acids is 2. The predicted molar refractivity (Wildman–Crippen MR) is 86.5 cm³/mol. The van der Waals surface area contributed by atoms with E-state index in [-0.39, 0.29) is 23.7 Å². The van der Waals surface area contributed by atoms with Gasteiger partial charge in [-0.2, -0.15) is 0 Å². The number of aryl methyl sites for hydroxylation is 1. The highest BCUT2D eigenvalue weighted by Crippen LogP contribution is 2.32. The molecule has 23 heavy (non-hydrogen) atoms. The van der Waals surface area contributed by atoms with Crippen molar-refractivity contribution in [2.24, 2.45) is 11.8 Å². The molecule has 0 N–H and O–H groups in total. The van der Waals surface area contributed by atoms with Gasteiger partial charge in [0.2, 0.25) is 11.8 Å². The van der Waals surface area contributed by atoms with Crippen LogP contribution in [0.2, 0.25) is 0 Å². The molecule has 0 aromatic carbocycles. The molecule has 0 spiro atoms. The number of likely N-dealkylation sites (tertiary alicyclic amines) is 1. The largest absolute Gasteiger partial charge is 0.345 e. The molecule has 1 saturated heterocycles. The smallest absolute Gasteiger partial charge is 0.227 e. The summed E-state index contributed by atoms with van der Waals surface area (Å²) in [6.45, 7) is 3.04. The van der Waals surface area contributed by atoms with Gasteiger partial charge in [-0.1, -0.05) is 0 Å². The highest BCUT2D eigenvalue weighted by molar-refractivity contribution is 5.83. The first kappa shape index (κ1) is 16.0. The number of hydrogen-bond donors (Lipinski definition) is 0. The first-order chi connectivity index (χ1) is 11.1. The van der Waals surface area contributed by atoms with Crippen molar-refractivity contribution >= 4 is 11.8 Å². The lowest BCUT2D eigenvalue weighted by molar-refractivity contribution is -0.140. The molecule has 2 heterocycles. The first-order valence-electron chi connectivity index (χ1n) is 8.64. The quantitative estimate of drug-likeness (QED) is 0.796. The second-order valence-electron chi connectivity index (χ2n) is 6.81. The van der Waals surface area contributed by atoms with Gasteiger partial charge in [0, 0.05) is 51.5 Å². The minimum absolute atomic E-state index is 0.0234. The second-order valence-corrected chi connectivity index (χ2v) is 6.81. The molecule has 0 bridgehead atoms. The molecule has 1 aliphatic carbocycles. The fourth-order valence-electron chi connectivity index (χ4n) is 3.30. The molecule has 2 aliphatic rings. The Hall–Kier alpha value is -1.85. The van der Waals surface area contributed by atoms with Crippen LogP contribution < -0.4 is 0 Å². The van der Waals surface area contributed by atoms with Crippen molar-refractivity contribution in [3.05, 3.63) is 18.7 Å². The Balaban J connectivity index is 1.45. The SMILES string of the molecule is CN(CCCn1ccnc1)C(=O)[C@@H]1CCCN(C(=O)C2CC2)C1. The van der Waals surface area contributed by atoms with Crippen molar-refractivity contribution in [2.75, 3.05) is 26.7 Å². The Labute approximate surface area is 137 Å². The zero-order chi connectivity index (χ0) is 16.2. The maximum atomic E-state index is 12.6. The van der Waals surface area contributed by atoms with Crippen LogP contribution in [0.3, 0.4) is 0 Å². The summed E-state index contributed by atoms with van der Waals surface area (Å²) in [7, 11) is 1.87. The van der Waals surface area contributed by atoms with Gasteiger partial charge in [-0.15, -0.1) is 0 Å². The van der Waals surface area contributed by atoms with Crippen LogP contribution in [0.4, 0.5) is 0 Å². The number of imidazole rings is 1. The van der Waals surface area contributed by atoms with Crippen molar-refractivity contribution in [1.82, 2.24) is 19.4 Å². The molecule has 1 aromatic heterocycles. The molecule has 0 unspecified atom stereocenters. The van der Waals surface area contributed by atoms with Gasteiger partial charge >= 0.3 is 0 Å². The topological polar surface area (TPSA) is 58.4 Å². The molecule has 0 radical (unpaired) electrons. The summed E-state index contributed by atoms with van der Waals surface area (Å²) < 4.78 is 2.02. The van der Waals surface area contributed by atoms with Crippen LogP contribution in [0, 0.1) is 11.8 Å². The van der Waals surface area contributed by atoms with Gasteiger partial charge in [0.1, 0.15) is 0 Å². The number of rotatable bonds is 6. The molecule has 126 valence electrons. The van der Waals surface area contributed by atoms with Crippen LogP contribution in [-0.4, -0.2) is 57.8 Å². The molecular weight excluding hydrogens is 292 g/mol. The van der Waals surface area contributed by atoms with Gasteiger partial charge in [-0.25, -0.2) is 4.98 Å². The average Bonchev–Trinajstić information content (AvgIpc) is 3.30. The Morgan fingerprint density at radius 3 is 2.78 bits per heavy atom. The number of hydrogen-bond acceptors (Lipinski definition) is 3. The molecule has 3 rings (SSSR count). The van der Waals surface area contributed by atoms with E-state index in [1.54, 1.807) is 12.5 Å². The van der Waals surface area contributed by atoms with Gasteiger partial charge in [0.15, 0.2) is 0 Å². The van der Waals surface area contributed by atoms with Crippen LogP contribution in [0.1, 0.15) is 32.1 Å². The predicted octanol–water partition coefficient (Wildman–Crippen LogP) is 1.38. The molecule has 1 aromatic rings. The van der Waals surface area contributed by atoms with Crippen molar-refractivity contribution in [2.45, 2.75) is 38.6 Å². The Kier molecular flexibility index (Phi) is 4.98. The second kappa shape index (κ2) is 7.15.